The zero-order valence-corrected chi connectivity index (χ0v) is 14.1. The van der Waals surface area contributed by atoms with Crippen LogP contribution in [0.3, 0.4) is 0 Å². The van der Waals surface area contributed by atoms with Crippen LogP contribution in [0, 0.1) is 11.6 Å². The van der Waals surface area contributed by atoms with E-state index in [1.807, 2.05) is 0 Å². The van der Waals surface area contributed by atoms with Gasteiger partial charge in [0, 0.05) is 24.0 Å². The molecule has 6 nitrogen and oxygen atoms in total. The van der Waals surface area contributed by atoms with Crippen LogP contribution in [0.2, 0.25) is 0 Å². The Morgan fingerprint density at radius 3 is 2.69 bits per heavy atom. The minimum absolute atomic E-state index is 0.0186. The number of aromatic nitrogens is 3. The second-order valence-corrected chi connectivity index (χ2v) is 6.71. The Hall–Kier alpha value is -2.74. The van der Waals surface area contributed by atoms with E-state index < -0.39 is 11.6 Å². The minimum atomic E-state index is -0.949. The molecule has 8 heteroatoms. The molecule has 1 fully saturated rings. The summed E-state index contributed by atoms with van der Waals surface area (Å²) in [6.45, 7) is 0. The van der Waals surface area contributed by atoms with Gasteiger partial charge >= 0.3 is 0 Å². The maximum absolute atomic E-state index is 14.1. The maximum Gasteiger partial charge on any atom is 0.182 e. The fourth-order valence-corrected chi connectivity index (χ4v) is 3.62. The third kappa shape index (κ3) is 2.86. The number of halogens is 2. The van der Waals surface area contributed by atoms with E-state index in [0.29, 0.717) is 17.2 Å². The predicted molar refractivity (Wildman–Crippen MR) is 96.2 cm³/mol. The van der Waals surface area contributed by atoms with Crippen LogP contribution in [-0.4, -0.2) is 20.6 Å². The van der Waals surface area contributed by atoms with Crippen molar-refractivity contribution in [1.82, 2.24) is 14.6 Å². The van der Waals surface area contributed by atoms with Gasteiger partial charge in [-0.3, -0.25) is 0 Å². The lowest BCUT2D eigenvalue weighted by Crippen LogP contribution is -2.26. The van der Waals surface area contributed by atoms with Crippen molar-refractivity contribution >= 4 is 22.8 Å². The first-order valence-electron chi connectivity index (χ1n) is 8.64. The molecule has 1 saturated carbocycles. The molecule has 2 heterocycles. The van der Waals surface area contributed by atoms with Crippen molar-refractivity contribution < 1.29 is 8.78 Å². The van der Waals surface area contributed by atoms with Gasteiger partial charge in [-0.2, -0.15) is 0 Å². The van der Waals surface area contributed by atoms with Gasteiger partial charge in [-0.1, -0.05) is 6.07 Å². The second-order valence-electron chi connectivity index (χ2n) is 6.71. The topological polar surface area (TPSA) is 94.3 Å². The zero-order valence-electron chi connectivity index (χ0n) is 14.1. The van der Waals surface area contributed by atoms with Gasteiger partial charge in [-0.05, 0) is 43.7 Å². The number of nitrogens with two attached hydrogens (primary N) is 2. The number of rotatable bonds is 3. The van der Waals surface area contributed by atoms with Gasteiger partial charge in [-0.15, -0.1) is 5.10 Å². The Morgan fingerprint density at radius 1 is 1.15 bits per heavy atom. The molecule has 1 aliphatic rings. The molecular weight excluding hydrogens is 338 g/mol. The van der Waals surface area contributed by atoms with Crippen molar-refractivity contribution in [2.45, 2.75) is 37.6 Å². The molecule has 0 radical (unpaired) electrons. The average Bonchev–Trinajstić information content (AvgIpc) is 3.09. The van der Waals surface area contributed by atoms with Gasteiger partial charge in [0.05, 0.1) is 11.4 Å². The normalized spacial score (nSPS) is 20.4. The molecule has 3 aromatic rings. The molecule has 5 N–H and O–H groups in total. The number of fused-ring (bicyclic) bond motifs is 1. The Kier molecular flexibility index (Phi) is 4.20. The molecule has 0 spiro atoms. The molecule has 1 aliphatic carbocycles. The molecule has 26 heavy (non-hydrogen) atoms. The molecule has 0 atom stereocenters. The molecule has 4 rings (SSSR count). The highest BCUT2D eigenvalue weighted by Crippen LogP contribution is 2.40. The maximum atomic E-state index is 14.1. The summed E-state index contributed by atoms with van der Waals surface area (Å²) in [5, 5.41) is 7.43. The number of hydrogen-bond acceptors (Lipinski definition) is 5. The van der Waals surface area contributed by atoms with Crippen molar-refractivity contribution in [3.05, 3.63) is 47.8 Å². The van der Waals surface area contributed by atoms with Crippen LogP contribution in [0.4, 0.5) is 26.0 Å². The predicted octanol–water partition coefficient (Wildman–Crippen LogP) is 3.32. The zero-order chi connectivity index (χ0) is 18.3. The number of nitrogen functional groups attached to an aromatic ring is 1. The highest BCUT2D eigenvalue weighted by Gasteiger charge is 2.27. The lowest BCUT2D eigenvalue weighted by molar-refractivity contribution is 0.396. The molecule has 0 saturated heterocycles. The van der Waals surface area contributed by atoms with Gasteiger partial charge in [0.2, 0.25) is 0 Å². The van der Waals surface area contributed by atoms with E-state index in [0.717, 1.165) is 37.3 Å². The average molecular weight is 358 g/mol. The van der Waals surface area contributed by atoms with Crippen LogP contribution in [0.15, 0.2) is 30.6 Å². The van der Waals surface area contributed by atoms with Crippen molar-refractivity contribution in [3.8, 4) is 0 Å². The Labute approximate surface area is 149 Å². The van der Waals surface area contributed by atoms with Crippen molar-refractivity contribution in [2.75, 3.05) is 11.1 Å². The third-order valence-corrected chi connectivity index (χ3v) is 5.00. The quantitative estimate of drug-likeness (QED) is 0.668. The SMILES string of the molecule is Nc1c2nccn2nc(Nc2cccc(F)c2F)c1[C@H]1CC[C@H](N)CC1. The summed E-state index contributed by atoms with van der Waals surface area (Å²) < 4.78 is 29.2. The third-order valence-electron chi connectivity index (χ3n) is 5.00. The van der Waals surface area contributed by atoms with Gasteiger partial charge in [-0.25, -0.2) is 18.3 Å². The largest absolute Gasteiger partial charge is 0.395 e. The number of benzene rings is 1. The van der Waals surface area contributed by atoms with Crippen molar-refractivity contribution in [3.63, 3.8) is 0 Å². The molecule has 1 aromatic carbocycles. The number of nitrogens with zero attached hydrogens (tertiary/aromatic N) is 3. The van der Waals surface area contributed by atoms with E-state index in [1.165, 1.54) is 16.6 Å². The van der Waals surface area contributed by atoms with Crippen LogP contribution >= 0.6 is 0 Å². The van der Waals surface area contributed by atoms with E-state index in [-0.39, 0.29) is 17.6 Å². The summed E-state index contributed by atoms with van der Waals surface area (Å²) >= 11 is 0. The lowest BCUT2D eigenvalue weighted by Gasteiger charge is -2.28. The van der Waals surface area contributed by atoms with E-state index in [4.69, 9.17) is 11.5 Å². The first-order chi connectivity index (χ1) is 12.5. The smallest absolute Gasteiger partial charge is 0.182 e. The van der Waals surface area contributed by atoms with Crippen LogP contribution in [-0.2, 0) is 0 Å². The first-order valence-corrected chi connectivity index (χ1v) is 8.64. The van der Waals surface area contributed by atoms with Crippen LogP contribution in [0.25, 0.3) is 5.65 Å². The molecule has 0 amide bonds. The number of nitrogens with one attached hydrogen (secondary N) is 1. The van der Waals surface area contributed by atoms with Crippen molar-refractivity contribution in [2.24, 2.45) is 5.73 Å². The number of imidazole rings is 1. The van der Waals surface area contributed by atoms with Gasteiger partial charge < -0.3 is 16.8 Å². The fourth-order valence-electron chi connectivity index (χ4n) is 3.62. The molecule has 2 aromatic heterocycles. The van der Waals surface area contributed by atoms with Crippen LogP contribution in [0.5, 0.6) is 0 Å². The summed E-state index contributed by atoms with van der Waals surface area (Å²) in [5.74, 6) is -1.31. The molecule has 0 aliphatic heterocycles. The Morgan fingerprint density at radius 2 is 1.92 bits per heavy atom. The standard InChI is InChI=1S/C18H20F2N6/c19-12-2-1-3-13(15(12)20)24-17-14(10-4-6-11(21)7-5-10)16(22)18-23-8-9-26(18)25-17/h1-3,8-11H,4-7,21-22H2,(H,24,25)/t10-,11-. The van der Waals surface area contributed by atoms with E-state index in [9.17, 15) is 8.78 Å². The highest BCUT2D eigenvalue weighted by atomic mass is 19.2. The molecule has 0 bridgehead atoms. The van der Waals surface area contributed by atoms with E-state index in [1.54, 1.807) is 12.4 Å². The Bertz CT molecular complexity index is 946. The van der Waals surface area contributed by atoms with Gasteiger partial charge in [0.15, 0.2) is 23.1 Å². The van der Waals surface area contributed by atoms with Crippen LogP contribution < -0.4 is 16.8 Å². The van der Waals surface area contributed by atoms with Crippen molar-refractivity contribution in [1.29, 1.82) is 0 Å². The van der Waals surface area contributed by atoms with E-state index in [2.05, 4.69) is 15.4 Å². The highest BCUT2D eigenvalue weighted by molar-refractivity contribution is 5.76. The first kappa shape index (κ1) is 16.7. The molecule has 136 valence electrons. The molecular formula is C18H20F2N6. The summed E-state index contributed by atoms with van der Waals surface area (Å²) in [4.78, 5) is 4.26. The van der Waals surface area contributed by atoms with Gasteiger partial charge in [0.1, 0.15) is 0 Å². The molecule has 0 unspecified atom stereocenters. The summed E-state index contributed by atoms with van der Waals surface area (Å²) in [7, 11) is 0. The summed E-state index contributed by atoms with van der Waals surface area (Å²) in [5.41, 5.74) is 14.3. The van der Waals surface area contributed by atoms with Crippen LogP contribution in [0.1, 0.15) is 37.2 Å². The fraction of sp³-hybridized carbons (Fsp3) is 0.333. The number of hydrogen-bond donors (Lipinski definition) is 3. The summed E-state index contributed by atoms with van der Waals surface area (Å²) in [6.07, 6.45) is 6.77. The summed E-state index contributed by atoms with van der Waals surface area (Å²) in [6, 6.07) is 4.17. The monoisotopic (exact) mass is 358 g/mol. The Balaban J connectivity index is 1.81. The number of anilines is 3. The second kappa shape index (κ2) is 6.53. The van der Waals surface area contributed by atoms with E-state index >= 15 is 0 Å². The lowest BCUT2D eigenvalue weighted by atomic mass is 9.81. The minimum Gasteiger partial charge on any atom is -0.395 e. The van der Waals surface area contributed by atoms with Gasteiger partial charge in [0.25, 0.3) is 0 Å².